The third-order valence-electron chi connectivity index (χ3n) is 3.21. The predicted octanol–water partition coefficient (Wildman–Crippen LogP) is 3.02. The second kappa shape index (κ2) is 6.48. The third kappa shape index (κ3) is 3.38. The number of hydroxylamine groups is 2. The van der Waals surface area contributed by atoms with Crippen LogP contribution in [0, 0.1) is 0 Å². The number of nitrogens with one attached hydrogen (secondary N) is 1. The fourth-order valence-corrected chi connectivity index (χ4v) is 2.51. The summed E-state index contributed by atoms with van der Waals surface area (Å²) in [5, 5.41) is 2.47. The van der Waals surface area contributed by atoms with Crippen LogP contribution in [0.2, 0.25) is 0 Å². The monoisotopic (exact) mass is 308 g/mol. The fourth-order valence-electron chi connectivity index (χ4n) is 2.22. The van der Waals surface area contributed by atoms with Crippen molar-refractivity contribution in [2.24, 2.45) is 0 Å². The van der Waals surface area contributed by atoms with E-state index in [1.807, 2.05) is 12.1 Å². The standard InChI is InChI=1S/C14H16N2O4S/c1-2-18-14(17)13-9-11-8-10(5-6-12(11)15-13)4-3-7-16-19-21-20-16/h5-6,8-9,15H,2-4,7H2,1H3. The summed E-state index contributed by atoms with van der Waals surface area (Å²) in [5.74, 6) is -0.320. The molecule has 1 aliphatic heterocycles. The summed E-state index contributed by atoms with van der Waals surface area (Å²) in [6.45, 7) is 2.90. The summed E-state index contributed by atoms with van der Waals surface area (Å²) in [7, 11) is 0. The molecule has 112 valence electrons. The van der Waals surface area contributed by atoms with E-state index in [0.29, 0.717) is 12.3 Å². The molecule has 0 saturated carbocycles. The van der Waals surface area contributed by atoms with Gasteiger partial charge in [-0.2, -0.15) is 8.57 Å². The number of carbonyl (C=O) groups is 1. The van der Waals surface area contributed by atoms with Gasteiger partial charge in [-0.05, 0) is 48.8 Å². The molecule has 6 nitrogen and oxygen atoms in total. The van der Waals surface area contributed by atoms with E-state index in [1.54, 1.807) is 6.92 Å². The number of H-pyrrole nitrogens is 1. The van der Waals surface area contributed by atoms with Gasteiger partial charge in [-0.25, -0.2) is 4.79 Å². The number of rotatable bonds is 6. The van der Waals surface area contributed by atoms with E-state index in [-0.39, 0.29) is 5.97 Å². The number of benzene rings is 1. The van der Waals surface area contributed by atoms with Crippen LogP contribution in [-0.2, 0) is 19.7 Å². The lowest BCUT2D eigenvalue weighted by Gasteiger charge is -2.24. The van der Waals surface area contributed by atoms with Crippen LogP contribution in [0.5, 0.6) is 0 Å². The Bertz CT molecular complexity index is 639. The van der Waals surface area contributed by atoms with Gasteiger partial charge >= 0.3 is 5.97 Å². The molecule has 7 heteroatoms. The van der Waals surface area contributed by atoms with Crippen molar-refractivity contribution in [1.82, 2.24) is 10.2 Å². The Morgan fingerprint density at radius 2 is 2.24 bits per heavy atom. The molecule has 0 radical (unpaired) electrons. The summed E-state index contributed by atoms with van der Waals surface area (Å²) in [4.78, 5) is 14.8. The second-order valence-corrected chi connectivity index (χ2v) is 5.14. The van der Waals surface area contributed by atoms with Gasteiger partial charge in [0.05, 0.1) is 13.2 Å². The Morgan fingerprint density at radius 3 is 2.95 bits per heavy atom. The predicted molar refractivity (Wildman–Crippen MR) is 79.0 cm³/mol. The Hall–Kier alpha value is -1.54. The topological polar surface area (TPSA) is 63.8 Å². The first-order valence-electron chi connectivity index (χ1n) is 6.84. The zero-order chi connectivity index (χ0) is 14.7. The maximum atomic E-state index is 11.7. The average Bonchev–Trinajstić information content (AvgIpc) is 2.85. The zero-order valence-corrected chi connectivity index (χ0v) is 12.4. The molecule has 0 spiro atoms. The number of hydrogen-bond donors (Lipinski definition) is 1. The molecular weight excluding hydrogens is 292 g/mol. The molecule has 3 rings (SSSR count). The van der Waals surface area contributed by atoms with E-state index >= 15 is 0 Å². The number of fused-ring (bicyclic) bond motifs is 1. The number of esters is 1. The summed E-state index contributed by atoms with van der Waals surface area (Å²) in [6, 6.07) is 7.95. The molecule has 1 aliphatic rings. The van der Waals surface area contributed by atoms with Crippen LogP contribution in [0.3, 0.4) is 0 Å². The number of nitrogens with zero attached hydrogens (tertiary/aromatic N) is 1. The van der Waals surface area contributed by atoms with Crippen LogP contribution in [-0.4, -0.2) is 29.3 Å². The van der Waals surface area contributed by atoms with E-state index in [0.717, 1.165) is 42.6 Å². The van der Waals surface area contributed by atoms with Gasteiger partial charge in [-0.15, -0.1) is 0 Å². The Kier molecular flexibility index (Phi) is 4.45. The van der Waals surface area contributed by atoms with Gasteiger partial charge in [0.2, 0.25) is 12.3 Å². The molecule has 21 heavy (non-hydrogen) atoms. The summed E-state index contributed by atoms with van der Waals surface area (Å²) < 4.78 is 14.9. The molecule has 0 amide bonds. The number of hydrogen-bond acceptors (Lipinski definition) is 6. The van der Waals surface area contributed by atoms with Gasteiger partial charge in [0.1, 0.15) is 5.69 Å². The third-order valence-corrected chi connectivity index (χ3v) is 3.67. The molecule has 2 aromatic rings. The van der Waals surface area contributed by atoms with E-state index in [2.05, 4.69) is 17.1 Å². The first-order valence-corrected chi connectivity index (χ1v) is 7.50. The van der Waals surface area contributed by atoms with E-state index in [1.165, 1.54) is 10.8 Å². The van der Waals surface area contributed by atoms with Crippen LogP contribution < -0.4 is 0 Å². The van der Waals surface area contributed by atoms with Crippen molar-refractivity contribution < 1.29 is 18.1 Å². The van der Waals surface area contributed by atoms with Gasteiger partial charge in [0, 0.05) is 10.9 Å². The number of aryl methyl sites for hydroxylation is 1. The van der Waals surface area contributed by atoms with Crippen molar-refractivity contribution >= 4 is 29.2 Å². The summed E-state index contributed by atoms with van der Waals surface area (Å²) >= 11 is 0.981. The zero-order valence-electron chi connectivity index (χ0n) is 11.6. The van der Waals surface area contributed by atoms with Crippen LogP contribution >= 0.6 is 12.3 Å². The van der Waals surface area contributed by atoms with Crippen molar-refractivity contribution in [3.63, 3.8) is 0 Å². The molecule has 0 unspecified atom stereocenters. The normalized spacial score (nSPS) is 15.1. The van der Waals surface area contributed by atoms with Crippen LogP contribution in [0.1, 0.15) is 29.4 Å². The van der Waals surface area contributed by atoms with Gasteiger partial charge < -0.3 is 9.72 Å². The lowest BCUT2D eigenvalue weighted by Crippen LogP contribution is -2.28. The van der Waals surface area contributed by atoms with Gasteiger partial charge in [-0.1, -0.05) is 6.07 Å². The van der Waals surface area contributed by atoms with Crippen molar-refractivity contribution in [1.29, 1.82) is 0 Å². The van der Waals surface area contributed by atoms with Crippen molar-refractivity contribution in [3.05, 3.63) is 35.5 Å². The minimum Gasteiger partial charge on any atom is -0.461 e. The maximum Gasteiger partial charge on any atom is 0.354 e. The van der Waals surface area contributed by atoms with Crippen LogP contribution in [0.4, 0.5) is 0 Å². The van der Waals surface area contributed by atoms with E-state index in [4.69, 9.17) is 13.3 Å². The SMILES string of the molecule is CCOC(=O)c1cc2cc(CCCN3OSO3)ccc2[nH]1. The highest BCUT2D eigenvalue weighted by atomic mass is 32.2. The molecule has 0 atom stereocenters. The molecule has 1 N–H and O–H groups in total. The van der Waals surface area contributed by atoms with Gasteiger partial charge in [0.15, 0.2) is 0 Å². The number of aromatic nitrogens is 1. The summed E-state index contributed by atoms with van der Waals surface area (Å²) in [5.41, 5.74) is 2.64. The minimum absolute atomic E-state index is 0.320. The highest BCUT2D eigenvalue weighted by molar-refractivity contribution is 7.90. The smallest absolute Gasteiger partial charge is 0.354 e. The molecule has 1 saturated heterocycles. The van der Waals surface area contributed by atoms with E-state index < -0.39 is 0 Å². The molecule has 0 aliphatic carbocycles. The average molecular weight is 308 g/mol. The molecule has 1 aromatic heterocycles. The summed E-state index contributed by atoms with van der Waals surface area (Å²) in [6.07, 6.45) is 1.85. The Balaban J connectivity index is 1.65. The lowest BCUT2D eigenvalue weighted by molar-refractivity contribution is -0.302. The maximum absolute atomic E-state index is 11.7. The fraction of sp³-hybridized carbons (Fsp3) is 0.357. The quantitative estimate of drug-likeness (QED) is 0.654. The second-order valence-electron chi connectivity index (χ2n) is 4.70. The van der Waals surface area contributed by atoms with Crippen LogP contribution in [0.25, 0.3) is 10.9 Å². The van der Waals surface area contributed by atoms with Crippen LogP contribution in [0.15, 0.2) is 24.3 Å². The first kappa shape index (κ1) is 14.4. The van der Waals surface area contributed by atoms with Gasteiger partial charge in [-0.3, -0.25) is 0 Å². The Labute approximate surface area is 126 Å². The minimum atomic E-state index is -0.320. The van der Waals surface area contributed by atoms with Crippen molar-refractivity contribution in [2.45, 2.75) is 19.8 Å². The number of ether oxygens (including phenoxy) is 1. The highest BCUT2D eigenvalue weighted by Crippen LogP contribution is 2.24. The molecular formula is C14H16N2O4S. The number of carbonyl (C=O) groups excluding carboxylic acids is 1. The van der Waals surface area contributed by atoms with Crippen molar-refractivity contribution in [3.8, 4) is 0 Å². The lowest BCUT2D eigenvalue weighted by atomic mass is 10.1. The van der Waals surface area contributed by atoms with Crippen molar-refractivity contribution in [2.75, 3.05) is 13.2 Å². The number of aromatic amines is 1. The molecule has 0 bridgehead atoms. The Morgan fingerprint density at radius 1 is 1.38 bits per heavy atom. The molecule has 2 heterocycles. The van der Waals surface area contributed by atoms with Gasteiger partial charge in [0.25, 0.3) is 0 Å². The first-order chi connectivity index (χ1) is 10.3. The highest BCUT2D eigenvalue weighted by Gasteiger charge is 2.18. The molecule has 1 aromatic carbocycles. The molecule has 1 fully saturated rings. The van der Waals surface area contributed by atoms with E-state index in [9.17, 15) is 4.79 Å². The largest absolute Gasteiger partial charge is 0.461 e.